The van der Waals surface area contributed by atoms with E-state index in [1.54, 1.807) is 6.07 Å². The molecule has 0 unspecified atom stereocenters. The molecule has 3 heteroatoms. The van der Waals surface area contributed by atoms with E-state index in [2.05, 4.69) is 0 Å². The molecule has 1 fully saturated rings. The third kappa shape index (κ3) is 2.09. The maximum absolute atomic E-state index is 13.4. The summed E-state index contributed by atoms with van der Waals surface area (Å²) in [6.45, 7) is 0. The number of rotatable bonds is 4. The summed E-state index contributed by atoms with van der Waals surface area (Å²) in [7, 11) is 0. The van der Waals surface area contributed by atoms with E-state index in [0.717, 1.165) is 18.2 Å². The molecular formula is C14H13FO2. The summed E-state index contributed by atoms with van der Waals surface area (Å²) in [6.07, 6.45) is 3.15. The van der Waals surface area contributed by atoms with Gasteiger partial charge in [0.15, 0.2) is 11.4 Å². The summed E-state index contributed by atoms with van der Waals surface area (Å²) < 4.78 is 18.8. The van der Waals surface area contributed by atoms with Gasteiger partial charge in [-0.15, -0.1) is 0 Å². The molecule has 0 atom stereocenters. The van der Waals surface area contributed by atoms with Gasteiger partial charge in [-0.05, 0) is 25.0 Å². The van der Waals surface area contributed by atoms with Crippen molar-refractivity contribution in [1.82, 2.24) is 0 Å². The molecule has 1 aromatic carbocycles. The molecule has 0 amide bonds. The molecule has 0 spiro atoms. The second kappa shape index (κ2) is 3.99. The van der Waals surface area contributed by atoms with Crippen molar-refractivity contribution in [2.45, 2.75) is 25.7 Å². The van der Waals surface area contributed by atoms with Crippen LogP contribution in [0.1, 0.15) is 25.0 Å². The molecule has 88 valence electrons. The van der Waals surface area contributed by atoms with Crippen LogP contribution in [-0.4, -0.2) is 5.78 Å². The minimum Gasteiger partial charge on any atom is -0.458 e. The molecular weight excluding hydrogens is 219 g/mol. The molecule has 0 bridgehead atoms. The van der Waals surface area contributed by atoms with Crippen LogP contribution in [0.15, 0.2) is 28.7 Å². The highest BCUT2D eigenvalue weighted by molar-refractivity contribution is 5.83. The minimum atomic E-state index is -0.345. The average Bonchev–Trinajstić information content (AvgIpc) is 3.07. The SMILES string of the molecule is O=C(CCc1cc2cccc(F)c2o1)C1CC1. The Kier molecular flexibility index (Phi) is 2.46. The van der Waals surface area contributed by atoms with Crippen molar-refractivity contribution in [3.05, 3.63) is 35.8 Å². The molecule has 1 saturated carbocycles. The Bertz CT molecular complexity index is 567. The lowest BCUT2D eigenvalue weighted by Gasteiger charge is -1.95. The first-order chi connectivity index (χ1) is 8.24. The molecule has 1 aliphatic rings. The number of ketones is 1. The standard InChI is InChI=1S/C14H13FO2/c15-12-3-1-2-10-8-11(17-14(10)12)6-7-13(16)9-4-5-9/h1-3,8-9H,4-7H2. The zero-order valence-corrected chi connectivity index (χ0v) is 9.41. The van der Waals surface area contributed by atoms with Crippen LogP contribution in [-0.2, 0) is 11.2 Å². The monoisotopic (exact) mass is 232 g/mol. The van der Waals surface area contributed by atoms with E-state index in [9.17, 15) is 9.18 Å². The Hall–Kier alpha value is -1.64. The Labute approximate surface area is 98.4 Å². The van der Waals surface area contributed by atoms with Crippen molar-refractivity contribution >= 4 is 16.8 Å². The van der Waals surface area contributed by atoms with Gasteiger partial charge >= 0.3 is 0 Å². The lowest BCUT2D eigenvalue weighted by atomic mass is 10.1. The molecule has 3 rings (SSSR count). The summed E-state index contributed by atoms with van der Waals surface area (Å²) in [5.74, 6) is 0.948. The van der Waals surface area contributed by atoms with Crippen LogP contribution in [0, 0.1) is 11.7 Å². The predicted octanol–water partition coefficient (Wildman–Crippen LogP) is 3.48. The highest BCUT2D eigenvalue weighted by atomic mass is 19.1. The molecule has 1 aliphatic carbocycles. The second-order valence-electron chi connectivity index (χ2n) is 4.61. The highest BCUT2D eigenvalue weighted by Gasteiger charge is 2.28. The maximum atomic E-state index is 13.4. The summed E-state index contributed by atoms with van der Waals surface area (Å²) in [5, 5.41) is 0.763. The number of carbonyl (C=O) groups is 1. The van der Waals surface area contributed by atoms with Gasteiger partial charge in [0.05, 0.1) is 0 Å². The Morgan fingerprint density at radius 3 is 2.94 bits per heavy atom. The number of halogens is 1. The van der Waals surface area contributed by atoms with Crippen LogP contribution in [0.25, 0.3) is 11.0 Å². The van der Waals surface area contributed by atoms with E-state index in [4.69, 9.17) is 4.42 Å². The Morgan fingerprint density at radius 1 is 1.41 bits per heavy atom. The van der Waals surface area contributed by atoms with Crippen molar-refractivity contribution < 1.29 is 13.6 Å². The fourth-order valence-electron chi connectivity index (χ4n) is 2.06. The normalized spacial score (nSPS) is 15.4. The molecule has 1 aromatic heterocycles. The Balaban J connectivity index is 1.76. The van der Waals surface area contributed by atoms with Gasteiger partial charge in [-0.1, -0.05) is 12.1 Å². The van der Waals surface area contributed by atoms with E-state index in [1.165, 1.54) is 6.07 Å². The number of para-hydroxylation sites is 1. The third-order valence-corrected chi connectivity index (χ3v) is 3.20. The van der Waals surface area contributed by atoms with E-state index in [0.29, 0.717) is 30.0 Å². The van der Waals surface area contributed by atoms with Crippen LogP contribution < -0.4 is 0 Å². The molecule has 0 N–H and O–H groups in total. The molecule has 2 aromatic rings. The van der Waals surface area contributed by atoms with Gasteiger partial charge in [-0.25, -0.2) is 4.39 Å². The van der Waals surface area contributed by atoms with E-state index in [1.807, 2.05) is 12.1 Å². The number of Topliss-reactive ketones (excluding diaryl/α,β-unsaturated/α-hetero) is 1. The van der Waals surface area contributed by atoms with Crippen molar-refractivity contribution in [3.8, 4) is 0 Å². The van der Waals surface area contributed by atoms with Crippen LogP contribution in [0.2, 0.25) is 0 Å². The number of fused-ring (bicyclic) bond motifs is 1. The van der Waals surface area contributed by atoms with Crippen LogP contribution in [0.4, 0.5) is 4.39 Å². The quantitative estimate of drug-likeness (QED) is 0.807. The van der Waals surface area contributed by atoms with Gasteiger partial charge in [0, 0.05) is 24.1 Å². The van der Waals surface area contributed by atoms with Crippen molar-refractivity contribution in [2.75, 3.05) is 0 Å². The molecule has 17 heavy (non-hydrogen) atoms. The largest absolute Gasteiger partial charge is 0.458 e. The smallest absolute Gasteiger partial charge is 0.169 e. The first-order valence-electron chi connectivity index (χ1n) is 5.94. The van der Waals surface area contributed by atoms with Crippen molar-refractivity contribution in [3.63, 3.8) is 0 Å². The second-order valence-corrected chi connectivity index (χ2v) is 4.61. The topological polar surface area (TPSA) is 30.2 Å². The van der Waals surface area contributed by atoms with Gasteiger partial charge < -0.3 is 4.42 Å². The fourth-order valence-corrected chi connectivity index (χ4v) is 2.06. The van der Waals surface area contributed by atoms with E-state index < -0.39 is 0 Å². The fraction of sp³-hybridized carbons (Fsp3) is 0.357. The number of benzene rings is 1. The molecule has 1 heterocycles. The van der Waals surface area contributed by atoms with Gasteiger partial charge in [0.25, 0.3) is 0 Å². The Morgan fingerprint density at radius 2 is 2.24 bits per heavy atom. The van der Waals surface area contributed by atoms with Crippen molar-refractivity contribution in [1.29, 1.82) is 0 Å². The van der Waals surface area contributed by atoms with Crippen molar-refractivity contribution in [2.24, 2.45) is 5.92 Å². The molecule has 0 radical (unpaired) electrons. The van der Waals surface area contributed by atoms with Crippen LogP contribution >= 0.6 is 0 Å². The number of carbonyl (C=O) groups excluding carboxylic acids is 1. The molecule has 2 nitrogen and oxygen atoms in total. The summed E-state index contributed by atoms with van der Waals surface area (Å²) in [5.41, 5.74) is 0.293. The predicted molar refractivity (Wildman–Crippen MR) is 62.2 cm³/mol. The lowest BCUT2D eigenvalue weighted by Crippen LogP contribution is -2.01. The minimum absolute atomic E-state index is 0.288. The molecule has 0 aliphatic heterocycles. The lowest BCUT2D eigenvalue weighted by molar-refractivity contribution is -0.120. The molecule has 0 saturated heterocycles. The number of furan rings is 1. The number of hydrogen-bond donors (Lipinski definition) is 0. The van der Waals surface area contributed by atoms with Gasteiger partial charge in [-0.2, -0.15) is 0 Å². The maximum Gasteiger partial charge on any atom is 0.169 e. The zero-order valence-electron chi connectivity index (χ0n) is 9.41. The summed E-state index contributed by atoms with van der Waals surface area (Å²) >= 11 is 0. The number of hydrogen-bond acceptors (Lipinski definition) is 2. The first-order valence-corrected chi connectivity index (χ1v) is 5.94. The van der Waals surface area contributed by atoms with E-state index in [-0.39, 0.29) is 11.7 Å². The van der Waals surface area contributed by atoms with Crippen LogP contribution in [0.3, 0.4) is 0 Å². The first kappa shape index (κ1) is 10.5. The van der Waals surface area contributed by atoms with Gasteiger partial charge in [0.1, 0.15) is 11.5 Å². The summed E-state index contributed by atoms with van der Waals surface area (Å²) in [4.78, 5) is 11.5. The van der Waals surface area contributed by atoms with E-state index >= 15 is 0 Å². The van der Waals surface area contributed by atoms with Gasteiger partial charge in [-0.3, -0.25) is 4.79 Å². The van der Waals surface area contributed by atoms with Crippen LogP contribution in [0.5, 0.6) is 0 Å². The summed E-state index contributed by atoms with van der Waals surface area (Å²) in [6, 6.07) is 6.67. The van der Waals surface area contributed by atoms with Gasteiger partial charge in [0.2, 0.25) is 0 Å². The highest BCUT2D eigenvalue weighted by Crippen LogP contribution is 2.31. The number of aryl methyl sites for hydroxylation is 1. The average molecular weight is 232 g/mol. The third-order valence-electron chi connectivity index (χ3n) is 3.20. The zero-order chi connectivity index (χ0) is 11.8.